The van der Waals surface area contributed by atoms with E-state index in [9.17, 15) is 4.79 Å². The molecule has 3 aliphatic rings. The predicted molar refractivity (Wildman–Crippen MR) is 91.1 cm³/mol. The Bertz CT molecular complexity index is 559. The van der Waals surface area contributed by atoms with Crippen molar-refractivity contribution in [3.8, 4) is 5.75 Å². The van der Waals surface area contributed by atoms with Crippen LogP contribution in [0.3, 0.4) is 0 Å². The lowest BCUT2D eigenvalue weighted by atomic mass is 9.84. The highest BCUT2D eigenvalue weighted by atomic mass is 127. The van der Waals surface area contributed by atoms with Gasteiger partial charge in [0.2, 0.25) is 0 Å². The second-order valence-corrected chi connectivity index (χ2v) is 7.29. The minimum absolute atomic E-state index is 0.0917. The summed E-state index contributed by atoms with van der Waals surface area (Å²) in [5.74, 6) is 1.10. The lowest BCUT2D eigenvalue weighted by Gasteiger charge is -2.44. The maximum absolute atomic E-state index is 12.6. The fourth-order valence-electron chi connectivity index (χ4n) is 3.31. The van der Waals surface area contributed by atoms with Gasteiger partial charge in [-0.1, -0.05) is 11.6 Å². The summed E-state index contributed by atoms with van der Waals surface area (Å²) in [5.41, 5.74) is 0.519. The third kappa shape index (κ3) is 3.14. The first-order valence-electron chi connectivity index (χ1n) is 7.14. The van der Waals surface area contributed by atoms with Crippen LogP contribution in [0, 0.1) is 9.49 Å². The van der Waals surface area contributed by atoms with Crippen LogP contribution in [0.1, 0.15) is 23.2 Å². The molecule has 1 aromatic rings. The SMILES string of the molecule is COc1c(I)cc(Cl)cc1C(=O)N[C@H]1CN2CCC1CC2. The van der Waals surface area contributed by atoms with E-state index >= 15 is 0 Å². The molecule has 0 radical (unpaired) electrons. The van der Waals surface area contributed by atoms with E-state index in [0.29, 0.717) is 22.3 Å². The molecular formula is C15H18ClIN2O2. The minimum atomic E-state index is -0.0917. The average Bonchev–Trinajstić information content (AvgIpc) is 2.47. The van der Waals surface area contributed by atoms with Gasteiger partial charge >= 0.3 is 0 Å². The fraction of sp³-hybridized carbons (Fsp3) is 0.533. The second kappa shape index (κ2) is 6.30. The molecular weight excluding hydrogens is 403 g/mol. The number of rotatable bonds is 3. The van der Waals surface area contributed by atoms with Crippen molar-refractivity contribution in [3.05, 3.63) is 26.3 Å². The second-order valence-electron chi connectivity index (χ2n) is 5.69. The predicted octanol–water partition coefficient (Wildman–Crippen LogP) is 2.78. The number of piperidine rings is 3. The lowest BCUT2D eigenvalue weighted by Crippen LogP contribution is -2.57. The van der Waals surface area contributed by atoms with Crippen LogP contribution in [0.25, 0.3) is 0 Å². The summed E-state index contributed by atoms with van der Waals surface area (Å²) in [4.78, 5) is 15.0. The van der Waals surface area contributed by atoms with Crippen molar-refractivity contribution in [2.75, 3.05) is 26.7 Å². The molecule has 2 bridgehead atoms. The Labute approximate surface area is 143 Å². The zero-order valence-electron chi connectivity index (χ0n) is 11.9. The van der Waals surface area contributed by atoms with Gasteiger partial charge in [0.25, 0.3) is 5.91 Å². The first kappa shape index (κ1) is 15.4. The molecule has 3 aliphatic heterocycles. The first-order chi connectivity index (χ1) is 10.1. The van der Waals surface area contributed by atoms with Gasteiger partial charge in [0.1, 0.15) is 5.75 Å². The summed E-state index contributed by atoms with van der Waals surface area (Å²) in [7, 11) is 1.58. The molecule has 3 saturated heterocycles. The minimum Gasteiger partial charge on any atom is -0.495 e. The van der Waals surface area contributed by atoms with Gasteiger partial charge in [0, 0.05) is 17.6 Å². The van der Waals surface area contributed by atoms with Gasteiger partial charge in [0.05, 0.1) is 16.2 Å². The average molecular weight is 421 g/mol. The standard InChI is InChI=1S/C15H18ClIN2O2/c1-21-14-11(6-10(16)7-12(14)17)15(20)18-13-8-19-4-2-9(13)3-5-19/h6-7,9,13H,2-5,8H2,1H3,(H,18,20)/t13-/m0/s1. The van der Waals surface area contributed by atoms with E-state index in [1.54, 1.807) is 19.2 Å². The van der Waals surface area contributed by atoms with E-state index in [-0.39, 0.29) is 11.9 Å². The number of carbonyl (C=O) groups excluding carboxylic acids is 1. The fourth-order valence-corrected chi connectivity index (χ4v) is 4.56. The van der Waals surface area contributed by atoms with E-state index < -0.39 is 0 Å². The Balaban J connectivity index is 1.79. The highest BCUT2D eigenvalue weighted by Gasteiger charge is 2.35. The van der Waals surface area contributed by atoms with Crippen molar-refractivity contribution >= 4 is 40.1 Å². The zero-order chi connectivity index (χ0) is 15.0. The molecule has 1 aromatic carbocycles. The van der Waals surface area contributed by atoms with Crippen molar-refractivity contribution < 1.29 is 9.53 Å². The van der Waals surface area contributed by atoms with Crippen LogP contribution >= 0.6 is 34.2 Å². The van der Waals surface area contributed by atoms with Gasteiger partial charge in [-0.25, -0.2) is 0 Å². The van der Waals surface area contributed by atoms with E-state index in [2.05, 4.69) is 32.8 Å². The maximum Gasteiger partial charge on any atom is 0.255 e. The van der Waals surface area contributed by atoms with Crippen LogP contribution in [0.15, 0.2) is 12.1 Å². The van der Waals surface area contributed by atoms with Crippen molar-refractivity contribution in [1.82, 2.24) is 10.2 Å². The summed E-state index contributed by atoms with van der Waals surface area (Å²) in [6.07, 6.45) is 2.35. The number of carbonyl (C=O) groups is 1. The Morgan fingerprint density at radius 1 is 1.43 bits per heavy atom. The molecule has 0 saturated carbocycles. The molecule has 0 aliphatic carbocycles. The smallest absolute Gasteiger partial charge is 0.255 e. The molecule has 0 spiro atoms. The third-order valence-electron chi connectivity index (χ3n) is 4.43. The molecule has 114 valence electrons. The topological polar surface area (TPSA) is 41.6 Å². The number of nitrogens with zero attached hydrogens (tertiary/aromatic N) is 1. The quantitative estimate of drug-likeness (QED) is 0.765. The van der Waals surface area contributed by atoms with Crippen LogP contribution in [0.4, 0.5) is 0 Å². The van der Waals surface area contributed by atoms with Crippen LogP contribution in [0.2, 0.25) is 5.02 Å². The van der Waals surface area contributed by atoms with Gasteiger partial charge in [-0.3, -0.25) is 4.79 Å². The van der Waals surface area contributed by atoms with Crippen molar-refractivity contribution in [2.24, 2.45) is 5.92 Å². The number of hydrogen-bond donors (Lipinski definition) is 1. The number of fused-ring (bicyclic) bond motifs is 3. The van der Waals surface area contributed by atoms with Crippen molar-refractivity contribution in [2.45, 2.75) is 18.9 Å². The monoisotopic (exact) mass is 420 g/mol. The largest absolute Gasteiger partial charge is 0.495 e. The molecule has 0 unspecified atom stereocenters. The van der Waals surface area contributed by atoms with Gasteiger partial charge in [0.15, 0.2) is 0 Å². The Morgan fingerprint density at radius 2 is 2.14 bits per heavy atom. The summed E-state index contributed by atoms with van der Waals surface area (Å²) in [6, 6.07) is 3.71. The number of hydrogen-bond acceptors (Lipinski definition) is 3. The van der Waals surface area contributed by atoms with Gasteiger partial charge < -0.3 is 15.0 Å². The molecule has 6 heteroatoms. The molecule has 3 fully saturated rings. The Kier molecular flexibility index (Phi) is 4.61. The molecule has 3 heterocycles. The summed E-state index contributed by atoms with van der Waals surface area (Å²) in [6.45, 7) is 3.28. The molecule has 21 heavy (non-hydrogen) atoms. The van der Waals surface area contributed by atoms with E-state index in [1.165, 1.54) is 12.8 Å². The molecule has 4 nitrogen and oxygen atoms in total. The summed E-state index contributed by atoms with van der Waals surface area (Å²) < 4.78 is 6.21. The number of nitrogens with one attached hydrogen (secondary N) is 1. The number of benzene rings is 1. The Hall–Kier alpha value is -0.530. The van der Waals surface area contributed by atoms with Crippen LogP contribution < -0.4 is 10.1 Å². The molecule has 4 rings (SSSR count). The third-order valence-corrected chi connectivity index (χ3v) is 5.45. The normalized spacial score (nSPS) is 27.5. The number of ether oxygens (including phenoxy) is 1. The van der Waals surface area contributed by atoms with Gasteiger partial charge in [-0.05, 0) is 66.6 Å². The zero-order valence-corrected chi connectivity index (χ0v) is 14.8. The summed E-state index contributed by atoms with van der Waals surface area (Å²) >= 11 is 8.22. The lowest BCUT2D eigenvalue weighted by molar-refractivity contribution is 0.0619. The van der Waals surface area contributed by atoms with Crippen molar-refractivity contribution in [3.63, 3.8) is 0 Å². The number of halogens is 2. The van der Waals surface area contributed by atoms with Gasteiger partial charge in [-0.15, -0.1) is 0 Å². The number of methoxy groups -OCH3 is 1. The number of amides is 1. The maximum atomic E-state index is 12.6. The van der Waals surface area contributed by atoms with E-state index in [1.807, 2.05) is 0 Å². The molecule has 1 N–H and O–H groups in total. The van der Waals surface area contributed by atoms with Crippen LogP contribution in [0.5, 0.6) is 5.75 Å². The molecule has 1 amide bonds. The highest BCUT2D eigenvalue weighted by Crippen LogP contribution is 2.31. The summed E-state index contributed by atoms with van der Waals surface area (Å²) in [5, 5.41) is 3.73. The van der Waals surface area contributed by atoms with E-state index in [4.69, 9.17) is 16.3 Å². The first-order valence-corrected chi connectivity index (χ1v) is 8.60. The molecule has 0 aromatic heterocycles. The van der Waals surface area contributed by atoms with Gasteiger partial charge in [-0.2, -0.15) is 0 Å². The highest BCUT2D eigenvalue weighted by molar-refractivity contribution is 14.1. The van der Waals surface area contributed by atoms with E-state index in [0.717, 1.165) is 23.2 Å². The molecule has 1 atom stereocenters. The van der Waals surface area contributed by atoms with Crippen LogP contribution in [-0.4, -0.2) is 43.6 Å². The van der Waals surface area contributed by atoms with Crippen LogP contribution in [-0.2, 0) is 0 Å². The Morgan fingerprint density at radius 3 is 2.71 bits per heavy atom. The van der Waals surface area contributed by atoms with Crippen molar-refractivity contribution in [1.29, 1.82) is 0 Å².